The van der Waals surface area contributed by atoms with E-state index < -0.39 is 15.9 Å². The number of rotatable bonds is 11. The fraction of sp³-hybridized carbons (Fsp3) is 0.370. The Morgan fingerprint density at radius 2 is 1.64 bits per heavy atom. The number of sulfonamides is 1. The number of carbonyl (C=O) groups excluding carboxylic acids is 1. The summed E-state index contributed by atoms with van der Waals surface area (Å²) in [5.74, 6) is 0.0466. The number of nitrogens with zero attached hydrogens (tertiary/aromatic N) is 4. The first-order chi connectivity index (χ1) is 28.3. The number of allylic oxidation sites excluding steroid dienone is 1. The van der Waals surface area contributed by atoms with Gasteiger partial charge < -0.3 is 24.9 Å². The third-order valence-electron chi connectivity index (χ3n) is 12.0. The number of carbonyl (C=O) groups is 1. The van der Waals surface area contributed by atoms with Gasteiger partial charge in [-0.15, -0.1) is 0 Å². The first-order valence-corrected chi connectivity index (χ1v) is 22.4. The second kappa shape index (κ2) is 17.0. The van der Waals surface area contributed by atoms with Gasteiger partial charge in [-0.25, -0.2) is 18.1 Å². The van der Waals surface area contributed by atoms with E-state index in [-0.39, 0.29) is 21.6 Å². The van der Waals surface area contributed by atoms with Crippen LogP contribution in [0.2, 0.25) is 5.02 Å². The van der Waals surface area contributed by atoms with Gasteiger partial charge in [-0.1, -0.05) is 43.2 Å². The summed E-state index contributed by atoms with van der Waals surface area (Å²) >= 11 is 6.25. The highest BCUT2D eigenvalue weighted by Gasteiger charge is 2.30. The van der Waals surface area contributed by atoms with Crippen molar-refractivity contribution >= 4 is 55.4 Å². The number of aromatic amines is 1. The van der Waals surface area contributed by atoms with E-state index in [1.54, 1.807) is 18.2 Å². The molecule has 3 aliphatic rings. The van der Waals surface area contributed by atoms with Crippen LogP contribution >= 0.6 is 11.6 Å². The molecule has 3 N–H and O–H groups in total. The van der Waals surface area contributed by atoms with E-state index >= 15 is 0 Å². The Kier molecular flexibility index (Phi) is 11.8. The molecule has 2 saturated heterocycles. The Bertz CT molecular complexity index is 2470. The third kappa shape index (κ3) is 9.63. The largest absolute Gasteiger partial charge is 0.456 e. The molecule has 1 aromatic heterocycles. The number of aromatic nitrogens is 1. The van der Waals surface area contributed by atoms with Gasteiger partial charge in [-0.3, -0.25) is 9.69 Å². The van der Waals surface area contributed by atoms with Gasteiger partial charge in [0.25, 0.3) is 15.9 Å². The first kappa shape index (κ1) is 40.9. The summed E-state index contributed by atoms with van der Waals surface area (Å²) in [5.41, 5.74) is 11.5. The number of amides is 1. The van der Waals surface area contributed by atoms with Crippen LogP contribution in [0.5, 0.6) is 11.5 Å². The lowest BCUT2D eigenvalue weighted by Crippen LogP contribution is -2.47. The molecule has 0 unspecified atom stereocenters. The van der Waals surface area contributed by atoms with Gasteiger partial charge in [-0.05, 0) is 122 Å². The van der Waals surface area contributed by atoms with Gasteiger partial charge in [-0.2, -0.15) is 0 Å². The highest BCUT2D eigenvalue weighted by Crippen LogP contribution is 2.43. The summed E-state index contributed by atoms with van der Waals surface area (Å²) in [4.78, 5) is 24.2. The molecule has 5 aromatic rings. The molecule has 2 fully saturated rings. The molecule has 0 radical (unpaired) electrons. The molecule has 0 saturated carbocycles. The maximum Gasteiger partial charge on any atom is 0.268 e. The van der Waals surface area contributed by atoms with Crippen LogP contribution in [0.4, 0.5) is 11.4 Å². The van der Waals surface area contributed by atoms with Crippen molar-refractivity contribution in [2.75, 3.05) is 76.3 Å². The smallest absolute Gasteiger partial charge is 0.268 e. The van der Waals surface area contributed by atoms with Gasteiger partial charge in [0.05, 0.1) is 16.1 Å². The van der Waals surface area contributed by atoms with Crippen molar-refractivity contribution in [2.45, 2.75) is 44.9 Å². The lowest BCUT2D eigenvalue weighted by atomic mass is 9.72. The van der Waals surface area contributed by atoms with Crippen LogP contribution in [0, 0.1) is 12.3 Å². The number of fused-ring (bicyclic) bond motifs is 1. The predicted molar refractivity (Wildman–Crippen MR) is 238 cm³/mol. The van der Waals surface area contributed by atoms with E-state index in [9.17, 15) is 13.2 Å². The minimum atomic E-state index is -4.21. The molecular weight excluding hydrogens is 782 g/mol. The van der Waals surface area contributed by atoms with Gasteiger partial charge in [0.1, 0.15) is 11.5 Å². The molecule has 1 aliphatic carbocycles. The lowest BCUT2D eigenvalue weighted by molar-refractivity contribution is 0.0979. The number of benzene rings is 4. The fourth-order valence-electron chi connectivity index (χ4n) is 8.35. The first-order valence-electron chi connectivity index (χ1n) is 20.5. The molecule has 59 heavy (non-hydrogen) atoms. The second-order valence-corrected chi connectivity index (χ2v) is 19.1. The summed E-state index contributed by atoms with van der Waals surface area (Å²) in [6.07, 6.45) is 5.16. The van der Waals surface area contributed by atoms with Crippen LogP contribution in [0.3, 0.4) is 0 Å². The third-order valence-corrected chi connectivity index (χ3v) is 13.6. The van der Waals surface area contributed by atoms with Crippen LogP contribution in [0.25, 0.3) is 16.5 Å². The number of hydrogen-bond acceptors (Lipinski definition) is 9. The number of ether oxygens (including phenoxy) is 1. The zero-order valence-corrected chi connectivity index (χ0v) is 35.9. The second-order valence-electron chi connectivity index (χ2n) is 17.0. The predicted octanol–water partition coefficient (Wildman–Crippen LogP) is 8.40. The summed E-state index contributed by atoms with van der Waals surface area (Å²) in [7, 11) is -2.11. The normalized spacial score (nSPS) is 18.3. The van der Waals surface area contributed by atoms with E-state index in [1.807, 2.05) is 61.7 Å². The van der Waals surface area contributed by atoms with Gasteiger partial charge >= 0.3 is 0 Å². The van der Waals surface area contributed by atoms with Crippen molar-refractivity contribution in [3.63, 3.8) is 0 Å². The number of anilines is 2. The summed E-state index contributed by atoms with van der Waals surface area (Å²) in [6, 6.07) is 26.1. The van der Waals surface area contributed by atoms with E-state index in [0.29, 0.717) is 5.75 Å². The van der Waals surface area contributed by atoms with E-state index in [0.717, 1.165) is 105 Å². The Morgan fingerprint density at radius 3 is 2.39 bits per heavy atom. The van der Waals surface area contributed by atoms with Crippen molar-refractivity contribution in [1.82, 2.24) is 24.5 Å². The maximum absolute atomic E-state index is 13.9. The van der Waals surface area contributed by atoms with Crippen molar-refractivity contribution in [3.05, 3.63) is 118 Å². The summed E-state index contributed by atoms with van der Waals surface area (Å²) in [6.45, 7) is 14.5. The lowest BCUT2D eigenvalue weighted by Gasteiger charge is -2.39. The topological polar surface area (TPSA) is 113 Å². The molecule has 2 aliphatic heterocycles. The quantitative estimate of drug-likeness (QED) is 0.121. The van der Waals surface area contributed by atoms with Crippen LogP contribution in [0.1, 0.15) is 54.6 Å². The molecule has 1 amide bonds. The molecule has 0 spiro atoms. The number of nitrogens with one attached hydrogen (secondary N) is 3. The SMILES string of the molecule is Cc1cc(S(=O)(=O)NC(=O)c2ccc(N3CCN(CC4=C(c5ccc(Cl)cc5)CC(C)(C)CC4)CC3)cc2Oc2ccc3[nH]ccc3c2)ccc1NN1CCN(C)CC1. The monoisotopic (exact) mass is 835 g/mol. The molecule has 0 atom stereocenters. The van der Waals surface area contributed by atoms with Crippen LogP contribution < -0.4 is 19.8 Å². The van der Waals surface area contributed by atoms with Crippen molar-refractivity contribution in [2.24, 2.45) is 5.41 Å². The average Bonchev–Trinajstić information content (AvgIpc) is 3.69. The molecule has 4 aromatic carbocycles. The van der Waals surface area contributed by atoms with E-state index in [2.05, 4.69) is 67.9 Å². The molecule has 11 nitrogen and oxygen atoms in total. The molecule has 13 heteroatoms. The zero-order valence-electron chi connectivity index (χ0n) is 34.4. The fourth-order valence-corrected chi connectivity index (χ4v) is 9.53. The van der Waals surface area contributed by atoms with Crippen LogP contribution in [-0.4, -0.2) is 100 Å². The Hall–Kier alpha value is -4.85. The van der Waals surface area contributed by atoms with Crippen molar-refractivity contribution in [3.8, 4) is 11.5 Å². The molecule has 0 bridgehead atoms. The molecular formula is C46H54ClN7O4S. The minimum absolute atomic E-state index is 0.00938. The maximum atomic E-state index is 13.9. The Balaban J connectivity index is 0.992. The minimum Gasteiger partial charge on any atom is -0.456 e. The summed E-state index contributed by atoms with van der Waals surface area (Å²) in [5, 5.41) is 3.84. The number of likely N-dealkylation sites (N-methyl/N-ethyl adjacent to an activating group) is 1. The van der Waals surface area contributed by atoms with Gasteiger partial charge in [0.15, 0.2) is 0 Å². The average molecular weight is 837 g/mol. The molecule has 3 heterocycles. The zero-order chi connectivity index (χ0) is 41.3. The molecule has 310 valence electrons. The van der Waals surface area contributed by atoms with Gasteiger partial charge in [0, 0.05) is 92.8 Å². The number of H-pyrrole nitrogens is 1. The number of aryl methyl sites for hydroxylation is 1. The van der Waals surface area contributed by atoms with Crippen molar-refractivity contribution in [1.29, 1.82) is 0 Å². The number of piperazine rings is 2. The van der Waals surface area contributed by atoms with E-state index in [1.165, 1.54) is 29.2 Å². The van der Waals surface area contributed by atoms with E-state index in [4.69, 9.17) is 16.3 Å². The number of halogens is 1. The van der Waals surface area contributed by atoms with Crippen LogP contribution in [-0.2, 0) is 10.0 Å². The van der Waals surface area contributed by atoms with Gasteiger partial charge in [0.2, 0.25) is 0 Å². The van der Waals surface area contributed by atoms with Crippen LogP contribution in [0.15, 0.2) is 102 Å². The highest BCUT2D eigenvalue weighted by atomic mass is 35.5. The standard InChI is InChI=1S/C46H54ClN7O4S/c1-32-27-39(11-14-42(32)49-54-25-19-51(4)20-26-54)59(56,57)50-45(55)40-12-9-37(29-44(40)58-38-10-13-43-34(28-38)16-18-48-43)53-23-21-52(22-24-53)31-35-15-17-46(2,3)30-41(35)33-5-7-36(47)8-6-33/h5-14,16,18,27-29,48-49H,15,17,19-26,30-31H2,1-4H3,(H,50,55). The van der Waals surface area contributed by atoms with Crippen molar-refractivity contribution < 1.29 is 17.9 Å². The summed E-state index contributed by atoms with van der Waals surface area (Å²) < 4.78 is 36.1. The number of hydrazine groups is 1. The number of hydrogen-bond donors (Lipinski definition) is 3. The Labute approximate surface area is 353 Å². The molecule has 8 rings (SSSR count). The highest BCUT2D eigenvalue weighted by molar-refractivity contribution is 7.90. The Morgan fingerprint density at radius 1 is 0.881 bits per heavy atom.